The van der Waals surface area contributed by atoms with E-state index in [0.29, 0.717) is 5.92 Å². The molecule has 1 heterocycles. The van der Waals surface area contributed by atoms with Gasteiger partial charge in [0.25, 0.3) is 0 Å². The molecule has 0 aromatic heterocycles. The number of carbonyl (C=O) groups excluding carboxylic acids is 1. The average molecular weight is 288 g/mol. The molecule has 1 aromatic carbocycles. The van der Waals surface area contributed by atoms with Gasteiger partial charge in [-0.1, -0.05) is 51.1 Å². The monoisotopic (exact) mass is 288 g/mol. The average Bonchev–Trinajstić information content (AvgIpc) is 2.73. The smallest absolute Gasteiger partial charge is 0.244 e. The van der Waals surface area contributed by atoms with Crippen molar-refractivity contribution in [2.24, 2.45) is 5.92 Å². The summed E-state index contributed by atoms with van der Waals surface area (Å²) in [6, 6.07) is 10.3. The summed E-state index contributed by atoms with van der Waals surface area (Å²) in [5, 5.41) is 3.55. The normalized spacial score (nSPS) is 25.9. The quantitative estimate of drug-likeness (QED) is 0.865. The molecule has 1 aliphatic heterocycles. The minimum atomic E-state index is -0.432. The molecule has 1 saturated heterocycles. The molecule has 0 saturated carbocycles. The molecule has 0 bridgehead atoms. The summed E-state index contributed by atoms with van der Waals surface area (Å²) in [4.78, 5) is 14.8. The first kappa shape index (κ1) is 16.0. The number of nitrogens with one attached hydrogen (secondary N) is 1. The second-order valence-electron chi connectivity index (χ2n) is 6.68. The molecule has 116 valence electrons. The van der Waals surface area contributed by atoms with E-state index in [1.807, 2.05) is 30.0 Å². The van der Waals surface area contributed by atoms with Crippen molar-refractivity contribution in [3.63, 3.8) is 0 Å². The molecule has 1 aliphatic rings. The Morgan fingerprint density at radius 1 is 1.29 bits per heavy atom. The highest BCUT2D eigenvalue weighted by Gasteiger charge is 2.46. The van der Waals surface area contributed by atoms with Crippen molar-refractivity contribution >= 4 is 5.91 Å². The Labute approximate surface area is 128 Å². The maximum absolute atomic E-state index is 12.8. The molecule has 1 aromatic rings. The van der Waals surface area contributed by atoms with Crippen LogP contribution >= 0.6 is 0 Å². The molecule has 2 rings (SSSR count). The lowest BCUT2D eigenvalue weighted by molar-refractivity contribution is -0.133. The van der Waals surface area contributed by atoms with E-state index in [1.54, 1.807) is 0 Å². The first-order chi connectivity index (χ1) is 9.98. The lowest BCUT2D eigenvalue weighted by Crippen LogP contribution is -2.43. The Hall–Kier alpha value is -1.35. The third kappa shape index (κ3) is 3.46. The molecule has 1 fully saturated rings. The predicted molar refractivity (Wildman–Crippen MR) is 86.8 cm³/mol. The van der Waals surface area contributed by atoms with Crippen LogP contribution in [0, 0.1) is 5.92 Å². The van der Waals surface area contributed by atoms with E-state index in [0.717, 1.165) is 25.8 Å². The van der Waals surface area contributed by atoms with Gasteiger partial charge in [-0.05, 0) is 37.7 Å². The van der Waals surface area contributed by atoms with Crippen molar-refractivity contribution in [2.45, 2.75) is 58.7 Å². The van der Waals surface area contributed by atoms with E-state index in [1.165, 1.54) is 5.56 Å². The zero-order chi connectivity index (χ0) is 15.5. The number of hydrogen-bond acceptors (Lipinski definition) is 2. The zero-order valence-corrected chi connectivity index (χ0v) is 13.7. The van der Waals surface area contributed by atoms with Crippen LogP contribution in [0.1, 0.15) is 58.7 Å². The van der Waals surface area contributed by atoms with Crippen LogP contribution in [0.3, 0.4) is 0 Å². The van der Waals surface area contributed by atoms with Gasteiger partial charge < -0.3 is 4.90 Å². The minimum Gasteiger partial charge on any atom is -0.321 e. The maximum Gasteiger partial charge on any atom is 0.244 e. The van der Waals surface area contributed by atoms with E-state index in [9.17, 15) is 4.79 Å². The van der Waals surface area contributed by atoms with E-state index in [4.69, 9.17) is 0 Å². The van der Waals surface area contributed by atoms with Crippen LogP contribution in [0.2, 0.25) is 0 Å². The van der Waals surface area contributed by atoms with Crippen molar-refractivity contribution in [1.82, 2.24) is 10.2 Å². The molecule has 0 aliphatic carbocycles. The van der Waals surface area contributed by atoms with Crippen LogP contribution in [0.15, 0.2) is 30.3 Å². The Balaban J connectivity index is 2.17. The highest BCUT2D eigenvalue weighted by molar-refractivity contribution is 5.88. The zero-order valence-electron chi connectivity index (χ0n) is 13.7. The van der Waals surface area contributed by atoms with Crippen molar-refractivity contribution in [2.75, 3.05) is 6.54 Å². The summed E-state index contributed by atoms with van der Waals surface area (Å²) in [7, 11) is 0. The molecule has 3 heteroatoms. The Morgan fingerprint density at radius 2 is 1.95 bits per heavy atom. The Bertz CT molecular complexity index is 471. The van der Waals surface area contributed by atoms with Gasteiger partial charge in [-0.3, -0.25) is 10.1 Å². The highest BCUT2D eigenvalue weighted by Crippen LogP contribution is 2.32. The van der Waals surface area contributed by atoms with E-state index < -0.39 is 5.54 Å². The van der Waals surface area contributed by atoms with Crippen molar-refractivity contribution in [1.29, 1.82) is 0 Å². The molecule has 21 heavy (non-hydrogen) atoms. The van der Waals surface area contributed by atoms with Crippen molar-refractivity contribution < 1.29 is 4.79 Å². The molecular formula is C18H28N2O. The van der Waals surface area contributed by atoms with Crippen molar-refractivity contribution in [3.8, 4) is 0 Å². The molecule has 1 amide bonds. The summed E-state index contributed by atoms with van der Waals surface area (Å²) in [6.07, 6.45) is 3.05. The highest BCUT2D eigenvalue weighted by atomic mass is 16.2. The third-order valence-electron chi connectivity index (χ3n) is 4.50. The van der Waals surface area contributed by atoms with Gasteiger partial charge in [0, 0.05) is 6.54 Å². The van der Waals surface area contributed by atoms with Crippen LogP contribution in [-0.2, 0) is 4.79 Å². The largest absolute Gasteiger partial charge is 0.321 e. The van der Waals surface area contributed by atoms with Gasteiger partial charge in [-0.25, -0.2) is 0 Å². The Kier molecular flexibility index (Phi) is 5.04. The van der Waals surface area contributed by atoms with Gasteiger partial charge >= 0.3 is 0 Å². The molecule has 1 N–H and O–H groups in total. The molecule has 0 spiro atoms. The maximum atomic E-state index is 12.8. The van der Waals surface area contributed by atoms with Gasteiger partial charge in [0.05, 0.1) is 5.54 Å². The topological polar surface area (TPSA) is 32.3 Å². The summed E-state index contributed by atoms with van der Waals surface area (Å²) in [5.74, 6) is 0.922. The predicted octanol–water partition coefficient (Wildman–Crippen LogP) is 3.72. The number of amides is 1. The second kappa shape index (κ2) is 6.61. The van der Waals surface area contributed by atoms with Crippen LogP contribution in [0.4, 0.5) is 0 Å². The van der Waals surface area contributed by atoms with Gasteiger partial charge in [0.1, 0.15) is 6.17 Å². The Morgan fingerprint density at radius 3 is 2.52 bits per heavy atom. The first-order valence-electron chi connectivity index (χ1n) is 8.11. The summed E-state index contributed by atoms with van der Waals surface area (Å²) in [5.41, 5.74) is 0.741. The van der Waals surface area contributed by atoms with E-state index in [-0.39, 0.29) is 12.1 Å². The molecule has 0 radical (unpaired) electrons. The molecular weight excluding hydrogens is 260 g/mol. The minimum absolute atomic E-state index is 0.0100. The number of nitrogens with zero attached hydrogens (tertiary/aromatic N) is 1. The summed E-state index contributed by atoms with van der Waals surface area (Å²) < 4.78 is 0. The van der Waals surface area contributed by atoms with Crippen LogP contribution in [0.25, 0.3) is 0 Å². The number of rotatable bonds is 6. The van der Waals surface area contributed by atoms with Gasteiger partial charge in [-0.15, -0.1) is 0 Å². The standard InChI is InChI=1S/C18H28N2O/c1-5-18(4)17(21)20(13-9-10-14(2)3)16(19-18)15-11-7-6-8-12-15/h6-8,11-12,14,16,19H,5,9-10,13H2,1-4H3. The lowest BCUT2D eigenvalue weighted by atomic mass is 9.99. The molecule has 2 unspecified atom stereocenters. The fourth-order valence-corrected chi connectivity index (χ4v) is 2.93. The van der Waals surface area contributed by atoms with E-state index >= 15 is 0 Å². The molecule has 2 atom stereocenters. The first-order valence-corrected chi connectivity index (χ1v) is 8.11. The van der Waals surface area contributed by atoms with Gasteiger partial charge in [-0.2, -0.15) is 0 Å². The summed E-state index contributed by atoms with van der Waals surface area (Å²) >= 11 is 0. The number of hydrogen-bond donors (Lipinski definition) is 1. The van der Waals surface area contributed by atoms with Crippen LogP contribution in [0.5, 0.6) is 0 Å². The SMILES string of the molecule is CCC1(C)NC(c2ccccc2)N(CCCC(C)C)C1=O. The lowest BCUT2D eigenvalue weighted by Gasteiger charge is -2.25. The summed E-state index contributed by atoms with van der Waals surface area (Å²) in [6.45, 7) is 9.39. The number of carbonyl (C=O) groups is 1. The third-order valence-corrected chi connectivity index (χ3v) is 4.50. The second-order valence-corrected chi connectivity index (χ2v) is 6.68. The van der Waals surface area contributed by atoms with Crippen LogP contribution < -0.4 is 5.32 Å². The van der Waals surface area contributed by atoms with Crippen molar-refractivity contribution in [3.05, 3.63) is 35.9 Å². The van der Waals surface area contributed by atoms with Crippen LogP contribution in [-0.4, -0.2) is 22.9 Å². The van der Waals surface area contributed by atoms with Gasteiger partial charge in [0.15, 0.2) is 0 Å². The number of benzene rings is 1. The van der Waals surface area contributed by atoms with Gasteiger partial charge in [0.2, 0.25) is 5.91 Å². The molecule has 3 nitrogen and oxygen atoms in total. The fourth-order valence-electron chi connectivity index (χ4n) is 2.93. The fraction of sp³-hybridized carbons (Fsp3) is 0.611. The van der Waals surface area contributed by atoms with E-state index in [2.05, 4.69) is 38.2 Å².